The van der Waals surface area contributed by atoms with E-state index in [1.54, 1.807) is 24.5 Å². The summed E-state index contributed by atoms with van der Waals surface area (Å²) >= 11 is 6.00. The van der Waals surface area contributed by atoms with E-state index in [1.165, 1.54) is 0 Å². The highest BCUT2D eigenvalue weighted by Crippen LogP contribution is 2.44. The van der Waals surface area contributed by atoms with Gasteiger partial charge < -0.3 is 15.7 Å². The molecule has 1 unspecified atom stereocenters. The summed E-state index contributed by atoms with van der Waals surface area (Å²) in [5.41, 5.74) is 0.932. The molecule has 2 aromatic carbocycles. The fraction of sp³-hybridized carbons (Fsp3) is 0.227. The normalized spacial score (nSPS) is 15.5. The number of carbonyl (C=O) groups is 2. The number of aromatic nitrogens is 1. The van der Waals surface area contributed by atoms with Gasteiger partial charge in [-0.15, -0.1) is 0 Å². The Labute approximate surface area is 172 Å². The van der Waals surface area contributed by atoms with Crippen LogP contribution in [-0.4, -0.2) is 27.6 Å². The van der Waals surface area contributed by atoms with E-state index >= 15 is 0 Å². The maximum Gasteiger partial charge on any atom is 0.405 e. The van der Waals surface area contributed by atoms with Crippen molar-refractivity contribution >= 4 is 40.1 Å². The third kappa shape index (κ3) is 4.49. The van der Waals surface area contributed by atoms with Crippen molar-refractivity contribution in [1.29, 1.82) is 0 Å². The summed E-state index contributed by atoms with van der Waals surface area (Å²) in [5.74, 6) is -0.686. The number of pyridine rings is 1. The summed E-state index contributed by atoms with van der Waals surface area (Å²) in [7, 11) is 0. The molecule has 0 aliphatic heterocycles. The lowest BCUT2D eigenvalue weighted by molar-refractivity contribution is -0.118. The topological polar surface area (TPSA) is 91.3 Å². The van der Waals surface area contributed by atoms with Gasteiger partial charge in [0.2, 0.25) is 5.91 Å². The first-order valence-corrected chi connectivity index (χ1v) is 9.73. The van der Waals surface area contributed by atoms with E-state index in [0.717, 1.165) is 29.2 Å². The molecule has 1 atom stereocenters. The molecule has 0 radical (unpaired) electrons. The van der Waals surface area contributed by atoms with E-state index in [2.05, 4.69) is 15.6 Å². The number of hydrogen-bond acceptors (Lipinski definition) is 3. The zero-order chi connectivity index (χ0) is 20.4. The Morgan fingerprint density at radius 3 is 2.55 bits per heavy atom. The van der Waals surface area contributed by atoms with Crippen molar-refractivity contribution in [2.45, 2.75) is 30.7 Å². The van der Waals surface area contributed by atoms with Gasteiger partial charge in [0.1, 0.15) is 0 Å². The summed E-state index contributed by atoms with van der Waals surface area (Å²) in [6.45, 7) is 0. The largest absolute Gasteiger partial charge is 0.465 e. The van der Waals surface area contributed by atoms with Crippen molar-refractivity contribution in [2.75, 3.05) is 5.32 Å². The molecule has 4 rings (SSSR count). The quantitative estimate of drug-likeness (QED) is 0.545. The molecule has 29 heavy (non-hydrogen) atoms. The smallest absolute Gasteiger partial charge is 0.405 e. The van der Waals surface area contributed by atoms with E-state index < -0.39 is 17.6 Å². The van der Waals surface area contributed by atoms with Crippen molar-refractivity contribution in [3.8, 4) is 0 Å². The molecule has 1 saturated carbocycles. The molecule has 0 saturated heterocycles. The maximum atomic E-state index is 13.2. The van der Waals surface area contributed by atoms with Crippen LogP contribution < -0.4 is 10.6 Å². The first-order chi connectivity index (χ1) is 13.9. The Kier molecular flexibility index (Phi) is 5.11. The minimum Gasteiger partial charge on any atom is -0.465 e. The van der Waals surface area contributed by atoms with Crippen molar-refractivity contribution < 1.29 is 14.7 Å². The van der Waals surface area contributed by atoms with Crippen LogP contribution in [0.3, 0.4) is 0 Å². The van der Waals surface area contributed by atoms with Gasteiger partial charge in [-0.2, -0.15) is 0 Å². The Bertz CT molecular complexity index is 1060. The SMILES string of the molecule is O=C(O)NC1(CC(C(=O)Nc2ccc3cnccc3c2)c2ccc(Cl)cc2)CC1. The molecule has 0 spiro atoms. The monoisotopic (exact) mass is 409 g/mol. The van der Waals surface area contributed by atoms with E-state index in [1.807, 2.05) is 36.4 Å². The van der Waals surface area contributed by atoms with Crippen molar-refractivity contribution in [3.63, 3.8) is 0 Å². The molecule has 1 aromatic heterocycles. The van der Waals surface area contributed by atoms with E-state index in [9.17, 15) is 9.59 Å². The molecule has 3 N–H and O–H groups in total. The Morgan fingerprint density at radius 2 is 1.86 bits per heavy atom. The van der Waals surface area contributed by atoms with Gasteiger partial charge in [-0.25, -0.2) is 4.79 Å². The summed E-state index contributed by atoms with van der Waals surface area (Å²) in [6.07, 6.45) is 4.25. The predicted octanol–water partition coefficient (Wildman–Crippen LogP) is 4.80. The van der Waals surface area contributed by atoms with E-state index in [-0.39, 0.29) is 5.91 Å². The molecule has 1 heterocycles. The number of carboxylic acid groups (broad SMARTS) is 1. The summed E-state index contributed by atoms with van der Waals surface area (Å²) < 4.78 is 0. The second-order valence-electron chi connectivity index (χ2n) is 7.45. The third-order valence-electron chi connectivity index (χ3n) is 5.32. The number of halogens is 1. The average molecular weight is 410 g/mol. The molecule has 6 nitrogen and oxygen atoms in total. The van der Waals surface area contributed by atoms with Gasteiger partial charge >= 0.3 is 6.09 Å². The second-order valence-corrected chi connectivity index (χ2v) is 7.88. The van der Waals surface area contributed by atoms with Gasteiger partial charge in [-0.3, -0.25) is 9.78 Å². The lowest BCUT2D eigenvalue weighted by atomic mass is 9.90. The standard InChI is InChI=1S/C22H20ClN3O3/c23-17-4-1-14(2-5-17)19(12-22(8-9-22)26-21(28)29)20(27)25-18-6-3-16-13-24-10-7-15(16)11-18/h1-7,10-11,13,19,26H,8-9,12H2,(H,25,27)(H,28,29). The van der Waals surface area contributed by atoms with Crippen LogP contribution >= 0.6 is 11.6 Å². The van der Waals surface area contributed by atoms with Crippen molar-refractivity contribution in [2.24, 2.45) is 0 Å². The predicted molar refractivity (Wildman–Crippen MR) is 112 cm³/mol. The number of anilines is 1. The molecule has 7 heteroatoms. The van der Waals surface area contributed by atoms with Crippen LogP contribution in [0.4, 0.5) is 10.5 Å². The van der Waals surface area contributed by atoms with Gasteiger partial charge in [-0.1, -0.05) is 29.8 Å². The van der Waals surface area contributed by atoms with Crippen molar-refractivity contribution in [1.82, 2.24) is 10.3 Å². The van der Waals surface area contributed by atoms with Crippen LogP contribution in [0.2, 0.25) is 5.02 Å². The number of nitrogens with zero attached hydrogens (tertiary/aromatic N) is 1. The zero-order valence-electron chi connectivity index (χ0n) is 15.6. The third-order valence-corrected chi connectivity index (χ3v) is 5.57. The molecule has 1 fully saturated rings. The molecule has 0 bridgehead atoms. The number of rotatable bonds is 6. The molecule has 148 valence electrons. The molecular weight excluding hydrogens is 390 g/mol. The number of nitrogens with one attached hydrogen (secondary N) is 2. The van der Waals surface area contributed by atoms with Gasteiger partial charge in [0.05, 0.1) is 5.92 Å². The second kappa shape index (κ2) is 7.72. The molecule has 3 aromatic rings. The van der Waals surface area contributed by atoms with Gasteiger partial charge in [-0.05, 0) is 60.5 Å². The molecule has 2 amide bonds. The number of amides is 2. The Hall–Kier alpha value is -3.12. The molecule has 1 aliphatic carbocycles. The molecular formula is C22H20ClN3O3. The summed E-state index contributed by atoms with van der Waals surface area (Å²) in [4.78, 5) is 28.5. The maximum absolute atomic E-state index is 13.2. The highest BCUT2D eigenvalue weighted by molar-refractivity contribution is 6.30. The zero-order valence-corrected chi connectivity index (χ0v) is 16.3. The first-order valence-electron chi connectivity index (χ1n) is 9.35. The van der Waals surface area contributed by atoms with E-state index in [4.69, 9.17) is 16.7 Å². The minimum atomic E-state index is -1.07. The summed E-state index contributed by atoms with van der Waals surface area (Å²) in [6, 6.07) is 14.6. The van der Waals surface area contributed by atoms with Crippen LogP contribution in [0.1, 0.15) is 30.7 Å². The summed E-state index contributed by atoms with van der Waals surface area (Å²) in [5, 5.41) is 17.3. The number of hydrogen-bond donors (Lipinski definition) is 3. The van der Waals surface area contributed by atoms with Crippen LogP contribution in [-0.2, 0) is 4.79 Å². The lowest BCUT2D eigenvalue weighted by Gasteiger charge is -2.23. The van der Waals surface area contributed by atoms with Crippen LogP contribution in [0.15, 0.2) is 60.9 Å². The Balaban J connectivity index is 1.59. The number of benzene rings is 2. The fourth-order valence-corrected chi connectivity index (χ4v) is 3.72. The van der Waals surface area contributed by atoms with Crippen molar-refractivity contribution in [3.05, 3.63) is 71.5 Å². The van der Waals surface area contributed by atoms with Crippen LogP contribution in [0.5, 0.6) is 0 Å². The van der Waals surface area contributed by atoms with Gasteiger partial charge in [0.25, 0.3) is 0 Å². The minimum absolute atomic E-state index is 0.181. The highest BCUT2D eigenvalue weighted by Gasteiger charge is 2.47. The number of carbonyl (C=O) groups excluding carboxylic acids is 1. The lowest BCUT2D eigenvalue weighted by Crippen LogP contribution is -2.39. The molecule has 1 aliphatic rings. The average Bonchev–Trinajstić information content (AvgIpc) is 3.45. The van der Waals surface area contributed by atoms with Crippen LogP contribution in [0.25, 0.3) is 10.8 Å². The first kappa shape index (κ1) is 19.2. The number of fused-ring (bicyclic) bond motifs is 1. The fourth-order valence-electron chi connectivity index (χ4n) is 3.60. The van der Waals surface area contributed by atoms with Crippen LogP contribution in [0, 0.1) is 0 Å². The van der Waals surface area contributed by atoms with Gasteiger partial charge in [0, 0.05) is 34.0 Å². The van der Waals surface area contributed by atoms with Gasteiger partial charge in [0.15, 0.2) is 0 Å². The van der Waals surface area contributed by atoms with E-state index in [0.29, 0.717) is 17.1 Å². The highest BCUT2D eigenvalue weighted by atomic mass is 35.5. The Morgan fingerprint density at radius 1 is 1.10 bits per heavy atom.